The van der Waals surface area contributed by atoms with Gasteiger partial charge in [-0.1, -0.05) is 49.4 Å². The average molecular weight is 281 g/mol. The fourth-order valence-electron chi connectivity index (χ4n) is 3.04. The highest BCUT2D eigenvalue weighted by Gasteiger charge is 2.16. The van der Waals surface area contributed by atoms with E-state index in [4.69, 9.17) is 4.74 Å². The normalized spacial score (nSPS) is 14.6. The van der Waals surface area contributed by atoms with Crippen molar-refractivity contribution in [3.8, 4) is 16.9 Å². The van der Waals surface area contributed by atoms with E-state index in [1.807, 2.05) is 0 Å². The molecule has 1 atom stereocenters. The Labute approximate surface area is 127 Å². The van der Waals surface area contributed by atoms with Gasteiger partial charge in [0.1, 0.15) is 5.75 Å². The van der Waals surface area contributed by atoms with Crippen LogP contribution >= 0.6 is 0 Å². The number of likely N-dealkylation sites (N-methyl/N-ethyl adjacent to an activating group) is 1. The van der Waals surface area contributed by atoms with Gasteiger partial charge in [-0.25, -0.2) is 0 Å². The number of ether oxygens (including phenoxy) is 1. The molecule has 21 heavy (non-hydrogen) atoms. The first-order valence-corrected chi connectivity index (χ1v) is 7.85. The zero-order chi connectivity index (χ0) is 14.7. The molecule has 0 aromatic heterocycles. The Morgan fingerprint density at radius 1 is 1.14 bits per heavy atom. The van der Waals surface area contributed by atoms with Gasteiger partial charge < -0.3 is 10.1 Å². The molecule has 2 heteroatoms. The Bertz CT molecular complexity index is 603. The van der Waals surface area contributed by atoms with Crippen LogP contribution in [0, 0.1) is 0 Å². The molecule has 0 saturated heterocycles. The first-order valence-electron chi connectivity index (χ1n) is 7.85. The summed E-state index contributed by atoms with van der Waals surface area (Å²) < 4.78 is 5.80. The monoisotopic (exact) mass is 281 g/mol. The second-order valence-electron chi connectivity index (χ2n) is 5.75. The highest BCUT2D eigenvalue weighted by Crippen LogP contribution is 2.36. The molecule has 0 spiro atoms. The van der Waals surface area contributed by atoms with Crippen LogP contribution in [0.2, 0.25) is 0 Å². The highest BCUT2D eigenvalue weighted by molar-refractivity contribution is 5.73. The maximum atomic E-state index is 5.80. The molecule has 110 valence electrons. The number of nitrogens with one attached hydrogen (secondary N) is 1. The lowest BCUT2D eigenvalue weighted by molar-refractivity contribution is 0.358. The van der Waals surface area contributed by atoms with Crippen molar-refractivity contribution in [2.45, 2.75) is 32.7 Å². The summed E-state index contributed by atoms with van der Waals surface area (Å²) in [6.45, 7) is 6.21. The zero-order valence-corrected chi connectivity index (χ0v) is 12.9. The molecule has 1 aliphatic rings. The number of para-hydroxylation sites is 1. The standard InChI is InChI=1S/C19H23NO/c1-3-20-14(2)13-15-7-9-16(10-8-15)18-6-4-5-17-11-12-21-19(17)18/h4-10,14,20H,3,11-13H2,1-2H3. The van der Waals surface area contributed by atoms with Gasteiger partial charge in [0.25, 0.3) is 0 Å². The maximum absolute atomic E-state index is 5.80. The first kappa shape index (κ1) is 14.2. The molecule has 0 aliphatic carbocycles. The number of benzene rings is 2. The number of fused-ring (bicyclic) bond motifs is 1. The molecule has 0 amide bonds. The van der Waals surface area contributed by atoms with E-state index in [1.54, 1.807) is 0 Å². The second-order valence-corrected chi connectivity index (χ2v) is 5.75. The average Bonchev–Trinajstić information content (AvgIpc) is 2.97. The van der Waals surface area contributed by atoms with Crippen molar-refractivity contribution < 1.29 is 4.74 Å². The van der Waals surface area contributed by atoms with E-state index in [9.17, 15) is 0 Å². The van der Waals surface area contributed by atoms with Crippen molar-refractivity contribution in [3.63, 3.8) is 0 Å². The Hall–Kier alpha value is -1.80. The van der Waals surface area contributed by atoms with Gasteiger partial charge in [-0.05, 0) is 36.6 Å². The molecule has 1 aliphatic heterocycles. The molecular weight excluding hydrogens is 258 g/mol. The molecule has 1 heterocycles. The van der Waals surface area contributed by atoms with Crippen molar-refractivity contribution in [2.75, 3.05) is 13.2 Å². The third kappa shape index (κ3) is 3.11. The minimum Gasteiger partial charge on any atom is -0.492 e. The molecule has 3 rings (SSSR count). The van der Waals surface area contributed by atoms with E-state index in [-0.39, 0.29) is 0 Å². The summed E-state index contributed by atoms with van der Waals surface area (Å²) in [6, 6.07) is 15.9. The minimum absolute atomic E-state index is 0.519. The molecule has 0 saturated carbocycles. The molecule has 1 N–H and O–H groups in total. The topological polar surface area (TPSA) is 21.3 Å². The van der Waals surface area contributed by atoms with Crippen LogP contribution in [0.4, 0.5) is 0 Å². The molecule has 0 bridgehead atoms. The summed E-state index contributed by atoms with van der Waals surface area (Å²) in [7, 11) is 0. The summed E-state index contributed by atoms with van der Waals surface area (Å²) >= 11 is 0. The van der Waals surface area contributed by atoms with Crippen LogP contribution < -0.4 is 10.1 Å². The van der Waals surface area contributed by atoms with Crippen molar-refractivity contribution >= 4 is 0 Å². The third-order valence-corrected chi connectivity index (χ3v) is 4.07. The Balaban J connectivity index is 1.80. The maximum Gasteiger partial charge on any atom is 0.130 e. The van der Waals surface area contributed by atoms with Gasteiger partial charge in [-0.15, -0.1) is 0 Å². The van der Waals surface area contributed by atoms with Crippen LogP contribution in [0.3, 0.4) is 0 Å². The zero-order valence-electron chi connectivity index (χ0n) is 12.9. The summed E-state index contributed by atoms with van der Waals surface area (Å²) in [5, 5.41) is 3.45. The van der Waals surface area contributed by atoms with Crippen LogP contribution in [-0.4, -0.2) is 19.2 Å². The minimum atomic E-state index is 0.519. The van der Waals surface area contributed by atoms with Gasteiger partial charge in [0.2, 0.25) is 0 Å². The molecule has 2 nitrogen and oxygen atoms in total. The molecule has 2 aromatic rings. The fourth-order valence-corrected chi connectivity index (χ4v) is 3.04. The lowest BCUT2D eigenvalue weighted by atomic mass is 9.98. The lowest BCUT2D eigenvalue weighted by Crippen LogP contribution is -2.27. The van der Waals surface area contributed by atoms with E-state index in [0.29, 0.717) is 6.04 Å². The SMILES string of the molecule is CCNC(C)Cc1ccc(-c2cccc3c2OCC3)cc1. The Morgan fingerprint density at radius 2 is 1.95 bits per heavy atom. The molecular formula is C19H23NO. The van der Waals surface area contributed by atoms with Crippen LogP contribution in [0.1, 0.15) is 25.0 Å². The Kier molecular flexibility index (Phi) is 4.26. The second kappa shape index (κ2) is 6.31. The number of hydrogen-bond acceptors (Lipinski definition) is 2. The lowest BCUT2D eigenvalue weighted by Gasteiger charge is -2.13. The van der Waals surface area contributed by atoms with Gasteiger partial charge in [0, 0.05) is 18.0 Å². The van der Waals surface area contributed by atoms with Gasteiger partial charge in [-0.2, -0.15) is 0 Å². The summed E-state index contributed by atoms with van der Waals surface area (Å²) in [5.41, 5.74) is 5.17. The molecule has 2 aromatic carbocycles. The third-order valence-electron chi connectivity index (χ3n) is 4.07. The van der Waals surface area contributed by atoms with Crippen molar-refractivity contribution in [2.24, 2.45) is 0 Å². The summed E-state index contributed by atoms with van der Waals surface area (Å²) in [5.74, 6) is 1.08. The Morgan fingerprint density at radius 3 is 2.71 bits per heavy atom. The number of hydrogen-bond donors (Lipinski definition) is 1. The van der Waals surface area contributed by atoms with Crippen molar-refractivity contribution in [3.05, 3.63) is 53.6 Å². The highest BCUT2D eigenvalue weighted by atomic mass is 16.5. The predicted octanol–water partition coefficient (Wildman–Crippen LogP) is 3.83. The van der Waals surface area contributed by atoms with Crippen LogP contribution in [-0.2, 0) is 12.8 Å². The van der Waals surface area contributed by atoms with Gasteiger partial charge >= 0.3 is 0 Å². The van der Waals surface area contributed by atoms with E-state index >= 15 is 0 Å². The van der Waals surface area contributed by atoms with Crippen molar-refractivity contribution in [1.29, 1.82) is 0 Å². The van der Waals surface area contributed by atoms with Crippen LogP contribution in [0.5, 0.6) is 5.75 Å². The van der Waals surface area contributed by atoms with E-state index in [1.165, 1.54) is 22.3 Å². The van der Waals surface area contributed by atoms with E-state index < -0.39 is 0 Å². The van der Waals surface area contributed by atoms with E-state index in [0.717, 1.165) is 31.7 Å². The molecule has 0 fully saturated rings. The van der Waals surface area contributed by atoms with Crippen LogP contribution in [0.25, 0.3) is 11.1 Å². The van der Waals surface area contributed by atoms with Gasteiger partial charge in [-0.3, -0.25) is 0 Å². The largest absolute Gasteiger partial charge is 0.492 e. The van der Waals surface area contributed by atoms with Gasteiger partial charge in [0.05, 0.1) is 6.61 Å². The fraction of sp³-hybridized carbons (Fsp3) is 0.368. The van der Waals surface area contributed by atoms with Crippen LogP contribution in [0.15, 0.2) is 42.5 Å². The van der Waals surface area contributed by atoms with Crippen molar-refractivity contribution in [1.82, 2.24) is 5.32 Å². The molecule has 0 radical (unpaired) electrons. The predicted molar refractivity (Wildman–Crippen MR) is 87.9 cm³/mol. The number of rotatable bonds is 5. The first-order chi connectivity index (χ1) is 10.3. The summed E-state index contributed by atoms with van der Waals surface area (Å²) in [4.78, 5) is 0. The smallest absolute Gasteiger partial charge is 0.130 e. The summed E-state index contributed by atoms with van der Waals surface area (Å²) in [6.07, 6.45) is 2.10. The van der Waals surface area contributed by atoms with E-state index in [2.05, 4.69) is 61.6 Å². The quantitative estimate of drug-likeness (QED) is 0.899. The molecule has 1 unspecified atom stereocenters. The van der Waals surface area contributed by atoms with Gasteiger partial charge in [0.15, 0.2) is 0 Å².